The van der Waals surface area contributed by atoms with Crippen LogP contribution in [0.1, 0.15) is 63.2 Å². The van der Waals surface area contributed by atoms with Crippen LogP contribution in [-0.2, 0) is 17.7 Å². The Morgan fingerprint density at radius 2 is 1.90 bits per heavy atom. The van der Waals surface area contributed by atoms with Crippen LogP contribution in [0, 0.1) is 11.8 Å². The van der Waals surface area contributed by atoms with Crippen LogP contribution in [0.2, 0.25) is 0 Å². The first-order valence-electron chi connectivity index (χ1n) is 7.80. The predicted octanol–water partition coefficient (Wildman–Crippen LogP) is 4.18. The normalized spacial score (nSPS) is 13.4. The Labute approximate surface area is 128 Å². The largest absolute Gasteiger partial charge is 0.371 e. The zero-order valence-electron chi connectivity index (χ0n) is 13.8. The first-order valence-corrected chi connectivity index (χ1v) is 8.61. The molecule has 1 heterocycles. The van der Waals surface area contributed by atoms with Gasteiger partial charge in [-0.1, -0.05) is 34.6 Å². The van der Waals surface area contributed by atoms with Gasteiger partial charge in [0.05, 0.1) is 5.69 Å². The quantitative estimate of drug-likeness (QED) is 0.742. The van der Waals surface area contributed by atoms with Gasteiger partial charge in [-0.05, 0) is 31.7 Å². The van der Waals surface area contributed by atoms with Crippen LogP contribution in [0.3, 0.4) is 0 Å². The average Bonchev–Trinajstić information content (AvgIpc) is 2.74. The van der Waals surface area contributed by atoms with E-state index in [1.165, 1.54) is 10.6 Å². The molecule has 0 radical (unpaired) electrons. The average molecular weight is 298 g/mol. The molecule has 0 saturated carbocycles. The molecule has 0 bridgehead atoms. The van der Waals surface area contributed by atoms with E-state index in [0.29, 0.717) is 11.8 Å². The van der Waals surface area contributed by atoms with Gasteiger partial charge in [-0.15, -0.1) is 11.3 Å². The zero-order valence-corrected chi connectivity index (χ0v) is 14.6. The van der Waals surface area contributed by atoms with E-state index in [4.69, 9.17) is 9.72 Å². The van der Waals surface area contributed by atoms with E-state index in [1.807, 2.05) is 11.3 Å². The van der Waals surface area contributed by atoms with Crippen molar-refractivity contribution in [2.45, 2.75) is 60.6 Å². The fourth-order valence-corrected chi connectivity index (χ4v) is 3.46. The second kappa shape index (κ2) is 8.75. The number of hydrogen-bond donors (Lipinski definition) is 1. The summed E-state index contributed by atoms with van der Waals surface area (Å²) in [5.41, 5.74) is 1.26. The summed E-state index contributed by atoms with van der Waals surface area (Å²) in [6.07, 6.45) is 1.18. The van der Waals surface area contributed by atoms with Crippen molar-refractivity contribution in [3.8, 4) is 0 Å². The van der Waals surface area contributed by atoms with Gasteiger partial charge >= 0.3 is 0 Å². The van der Waals surface area contributed by atoms with Gasteiger partial charge in [-0.2, -0.15) is 0 Å². The van der Waals surface area contributed by atoms with Gasteiger partial charge in [-0.3, -0.25) is 0 Å². The van der Waals surface area contributed by atoms with Crippen LogP contribution < -0.4 is 5.32 Å². The van der Waals surface area contributed by atoms with Gasteiger partial charge in [0.2, 0.25) is 0 Å². The molecule has 1 aromatic rings. The van der Waals surface area contributed by atoms with Crippen molar-refractivity contribution in [1.82, 2.24) is 10.3 Å². The third kappa shape index (κ3) is 5.15. The number of hydrogen-bond acceptors (Lipinski definition) is 4. The van der Waals surface area contributed by atoms with Crippen molar-refractivity contribution >= 4 is 11.3 Å². The lowest BCUT2D eigenvalue weighted by molar-refractivity contribution is 0.0292. The SMILES string of the molecule is CCNCc1sc(C(OCC)C(C)C)nc1CC(C)C. The van der Waals surface area contributed by atoms with Gasteiger partial charge in [0.25, 0.3) is 0 Å². The van der Waals surface area contributed by atoms with Crippen molar-refractivity contribution < 1.29 is 4.74 Å². The standard InChI is InChI=1S/C16H30N2OS/c1-7-17-10-14-13(9-11(3)4)18-16(20-14)15(12(5)6)19-8-2/h11-12,15,17H,7-10H2,1-6H3. The van der Waals surface area contributed by atoms with E-state index >= 15 is 0 Å². The summed E-state index contributed by atoms with van der Waals surface area (Å²) in [7, 11) is 0. The van der Waals surface area contributed by atoms with Crippen molar-refractivity contribution in [2.24, 2.45) is 11.8 Å². The molecule has 3 nitrogen and oxygen atoms in total. The number of rotatable bonds is 9. The van der Waals surface area contributed by atoms with Crippen molar-refractivity contribution in [2.75, 3.05) is 13.2 Å². The molecule has 0 saturated heterocycles. The fraction of sp³-hybridized carbons (Fsp3) is 0.812. The van der Waals surface area contributed by atoms with Crippen LogP contribution in [-0.4, -0.2) is 18.1 Å². The van der Waals surface area contributed by atoms with Gasteiger partial charge in [0, 0.05) is 18.0 Å². The molecule has 0 aliphatic rings. The van der Waals surface area contributed by atoms with Gasteiger partial charge < -0.3 is 10.1 Å². The first-order chi connectivity index (χ1) is 9.49. The summed E-state index contributed by atoms with van der Waals surface area (Å²) in [5, 5.41) is 4.57. The minimum Gasteiger partial charge on any atom is -0.371 e. The third-order valence-corrected chi connectivity index (χ3v) is 4.29. The molecule has 116 valence electrons. The predicted molar refractivity (Wildman–Crippen MR) is 87.2 cm³/mol. The highest BCUT2D eigenvalue weighted by atomic mass is 32.1. The molecule has 0 spiro atoms. The number of nitrogens with one attached hydrogen (secondary N) is 1. The highest BCUT2D eigenvalue weighted by molar-refractivity contribution is 7.11. The minimum atomic E-state index is 0.131. The maximum atomic E-state index is 5.89. The Morgan fingerprint density at radius 3 is 2.40 bits per heavy atom. The second-order valence-corrected chi connectivity index (χ2v) is 7.04. The molecule has 1 N–H and O–H groups in total. The highest BCUT2D eigenvalue weighted by Crippen LogP contribution is 2.32. The number of aromatic nitrogens is 1. The Morgan fingerprint density at radius 1 is 1.20 bits per heavy atom. The molecule has 1 rings (SSSR count). The van der Waals surface area contributed by atoms with Gasteiger partial charge in [-0.25, -0.2) is 4.98 Å². The van der Waals surface area contributed by atoms with E-state index < -0.39 is 0 Å². The third-order valence-electron chi connectivity index (χ3n) is 3.13. The molecular weight excluding hydrogens is 268 g/mol. The Balaban J connectivity index is 2.98. The lowest BCUT2D eigenvalue weighted by Crippen LogP contribution is -2.12. The topological polar surface area (TPSA) is 34.1 Å². The smallest absolute Gasteiger partial charge is 0.122 e. The Bertz CT molecular complexity index is 388. The molecule has 0 fully saturated rings. The lowest BCUT2D eigenvalue weighted by Gasteiger charge is -2.18. The van der Waals surface area contributed by atoms with E-state index in [-0.39, 0.29) is 6.10 Å². The summed E-state index contributed by atoms with van der Waals surface area (Å²) in [6, 6.07) is 0. The molecule has 0 aromatic carbocycles. The fourth-order valence-electron chi connectivity index (χ4n) is 2.18. The van der Waals surface area contributed by atoms with Crippen molar-refractivity contribution in [1.29, 1.82) is 0 Å². The van der Waals surface area contributed by atoms with Crippen molar-refractivity contribution in [3.63, 3.8) is 0 Å². The maximum Gasteiger partial charge on any atom is 0.122 e. The molecule has 0 aliphatic heterocycles. The van der Waals surface area contributed by atoms with E-state index in [0.717, 1.165) is 31.1 Å². The monoisotopic (exact) mass is 298 g/mol. The summed E-state index contributed by atoms with van der Waals surface area (Å²) in [4.78, 5) is 6.27. The van der Waals surface area contributed by atoms with E-state index in [2.05, 4.69) is 46.9 Å². The number of nitrogens with zero attached hydrogens (tertiary/aromatic N) is 1. The van der Waals surface area contributed by atoms with Crippen LogP contribution in [0.15, 0.2) is 0 Å². The minimum absolute atomic E-state index is 0.131. The molecule has 0 aliphatic carbocycles. The summed E-state index contributed by atoms with van der Waals surface area (Å²) in [6.45, 7) is 15.8. The van der Waals surface area contributed by atoms with E-state index in [1.54, 1.807) is 0 Å². The number of ether oxygens (including phenoxy) is 1. The van der Waals surface area contributed by atoms with Crippen LogP contribution >= 0.6 is 11.3 Å². The molecule has 4 heteroatoms. The molecule has 1 atom stereocenters. The van der Waals surface area contributed by atoms with Gasteiger partial charge in [0.15, 0.2) is 0 Å². The first kappa shape index (κ1) is 17.6. The van der Waals surface area contributed by atoms with Crippen molar-refractivity contribution in [3.05, 3.63) is 15.6 Å². The summed E-state index contributed by atoms with van der Waals surface area (Å²) >= 11 is 1.82. The molecule has 20 heavy (non-hydrogen) atoms. The van der Waals surface area contributed by atoms with E-state index in [9.17, 15) is 0 Å². The second-order valence-electron chi connectivity index (χ2n) is 5.92. The Kier molecular flexibility index (Phi) is 7.70. The van der Waals surface area contributed by atoms with Crippen LogP contribution in [0.5, 0.6) is 0 Å². The lowest BCUT2D eigenvalue weighted by atomic mass is 10.1. The molecule has 0 amide bonds. The zero-order chi connectivity index (χ0) is 15.1. The molecular formula is C16H30N2OS. The summed E-state index contributed by atoms with van der Waals surface area (Å²) < 4.78 is 5.89. The number of thiazole rings is 1. The van der Waals surface area contributed by atoms with Gasteiger partial charge in [0.1, 0.15) is 11.1 Å². The van der Waals surface area contributed by atoms with Crippen LogP contribution in [0.25, 0.3) is 0 Å². The Hall–Kier alpha value is -0.450. The molecule has 1 aromatic heterocycles. The maximum absolute atomic E-state index is 5.89. The van der Waals surface area contributed by atoms with Crippen LogP contribution in [0.4, 0.5) is 0 Å². The summed E-state index contributed by atoms with van der Waals surface area (Å²) in [5.74, 6) is 1.09. The highest BCUT2D eigenvalue weighted by Gasteiger charge is 2.22. The molecule has 1 unspecified atom stereocenters.